The van der Waals surface area contributed by atoms with Gasteiger partial charge >= 0.3 is 0 Å². The Bertz CT molecular complexity index is 694. The third-order valence-corrected chi connectivity index (χ3v) is 6.60. The molecule has 0 spiro atoms. The molecule has 1 fully saturated rings. The van der Waals surface area contributed by atoms with Crippen LogP contribution in [0.2, 0.25) is 0 Å². The van der Waals surface area contributed by atoms with E-state index in [0.717, 1.165) is 44.8 Å². The van der Waals surface area contributed by atoms with Crippen LogP contribution in [-0.2, 0) is 14.3 Å². The number of fused-ring (bicyclic) bond motifs is 1. The number of para-hydroxylation sites is 1. The number of methoxy groups -OCH3 is 1. The van der Waals surface area contributed by atoms with E-state index < -0.39 is 0 Å². The lowest BCUT2D eigenvalue weighted by Crippen LogP contribution is -2.52. The summed E-state index contributed by atoms with van der Waals surface area (Å²) in [6.07, 6.45) is 0.997. The molecule has 160 valence electrons. The number of amides is 2. The zero-order valence-electron chi connectivity index (χ0n) is 17.4. The third kappa shape index (κ3) is 6.44. The van der Waals surface area contributed by atoms with Crippen LogP contribution in [0.5, 0.6) is 0 Å². The van der Waals surface area contributed by atoms with Crippen molar-refractivity contribution in [2.45, 2.75) is 23.5 Å². The van der Waals surface area contributed by atoms with Gasteiger partial charge in [0.1, 0.15) is 0 Å². The van der Waals surface area contributed by atoms with Crippen LogP contribution in [0, 0.1) is 0 Å². The smallest absolute Gasteiger partial charge is 0.241 e. The van der Waals surface area contributed by atoms with Crippen LogP contribution in [0.1, 0.15) is 13.3 Å². The quantitative estimate of drug-likeness (QED) is 0.671. The standard InChI is InChI=1S/C21H32N4O3S/c1-17-7-9-25(18-5-3-4-6-19(18)29-17)21(27)16-24-12-10-23(11-13-24)15-20(26)22-8-14-28-2/h3-6,17H,7-16H2,1-2H3,(H,22,26). The maximum Gasteiger partial charge on any atom is 0.241 e. The fraction of sp³-hybridized carbons (Fsp3) is 0.619. The first-order valence-electron chi connectivity index (χ1n) is 10.3. The molecule has 7 nitrogen and oxygen atoms in total. The lowest BCUT2D eigenvalue weighted by Gasteiger charge is -2.35. The molecule has 0 bridgehead atoms. The van der Waals surface area contributed by atoms with Crippen LogP contribution >= 0.6 is 11.8 Å². The van der Waals surface area contributed by atoms with Crippen LogP contribution in [-0.4, -0.2) is 92.9 Å². The van der Waals surface area contributed by atoms with E-state index in [2.05, 4.69) is 34.2 Å². The zero-order chi connectivity index (χ0) is 20.6. The SMILES string of the molecule is COCCNC(=O)CN1CCN(CC(=O)N2CCC(C)Sc3ccccc32)CC1. The molecule has 2 amide bonds. The third-order valence-electron chi connectivity index (χ3n) is 5.36. The first kappa shape index (κ1) is 22.1. The van der Waals surface area contributed by atoms with E-state index in [1.165, 1.54) is 4.90 Å². The van der Waals surface area contributed by atoms with E-state index in [9.17, 15) is 9.59 Å². The molecule has 0 radical (unpaired) electrons. The highest BCUT2D eigenvalue weighted by molar-refractivity contribution is 8.00. The van der Waals surface area contributed by atoms with Crippen LogP contribution in [0.4, 0.5) is 5.69 Å². The van der Waals surface area contributed by atoms with Crippen molar-refractivity contribution < 1.29 is 14.3 Å². The highest BCUT2D eigenvalue weighted by Gasteiger charge is 2.27. The summed E-state index contributed by atoms with van der Waals surface area (Å²) in [4.78, 5) is 32.5. The van der Waals surface area contributed by atoms with Crippen LogP contribution < -0.4 is 10.2 Å². The zero-order valence-corrected chi connectivity index (χ0v) is 18.2. The normalized spacial score (nSPS) is 20.8. The molecular weight excluding hydrogens is 388 g/mol. The molecule has 29 heavy (non-hydrogen) atoms. The summed E-state index contributed by atoms with van der Waals surface area (Å²) < 4.78 is 4.95. The van der Waals surface area contributed by atoms with Crippen molar-refractivity contribution in [3.05, 3.63) is 24.3 Å². The number of nitrogens with one attached hydrogen (secondary N) is 1. The van der Waals surface area contributed by atoms with Crippen molar-refractivity contribution in [1.82, 2.24) is 15.1 Å². The number of piperazine rings is 1. The summed E-state index contributed by atoms with van der Waals surface area (Å²) in [7, 11) is 1.62. The predicted octanol–water partition coefficient (Wildman–Crippen LogP) is 1.28. The van der Waals surface area contributed by atoms with Gasteiger partial charge in [0, 0.05) is 56.5 Å². The number of carbonyl (C=O) groups is 2. The van der Waals surface area contributed by atoms with Gasteiger partial charge < -0.3 is 15.0 Å². The molecule has 0 aromatic heterocycles. The second-order valence-corrected chi connectivity index (χ2v) is 9.11. The fourth-order valence-corrected chi connectivity index (χ4v) is 4.79. The van der Waals surface area contributed by atoms with Crippen molar-refractivity contribution in [2.24, 2.45) is 0 Å². The van der Waals surface area contributed by atoms with Crippen LogP contribution in [0.3, 0.4) is 0 Å². The Morgan fingerprint density at radius 3 is 2.52 bits per heavy atom. The first-order chi connectivity index (χ1) is 14.1. The van der Waals surface area contributed by atoms with Gasteiger partial charge in [-0.05, 0) is 18.6 Å². The van der Waals surface area contributed by atoms with E-state index in [-0.39, 0.29) is 11.8 Å². The second-order valence-electron chi connectivity index (χ2n) is 7.63. The Kier molecular flexibility index (Phi) is 8.35. The highest BCUT2D eigenvalue weighted by Crippen LogP contribution is 2.37. The lowest BCUT2D eigenvalue weighted by atomic mass is 10.2. The molecule has 1 aromatic rings. The van der Waals surface area contributed by atoms with Gasteiger partial charge in [-0.1, -0.05) is 19.1 Å². The van der Waals surface area contributed by atoms with Crippen LogP contribution in [0.25, 0.3) is 0 Å². The molecule has 0 saturated carbocycles. The number of benzene rings is 1. The molecule has 1 N–H and O–H groups in total. The summed E-state index contributed by atoms with van der Waals surface area (Å²) in [6.45, 7) is 8.10. The number of rotatable bonds is 7. The van der Waals surface area contributed by atoms with E-state index in [1.54, 1.807) is 7.11 Å². The number of carbonyl (C=O) groups excluding carboxylic acids is 2. The Balaban J connectivity index is 1.48. The minimum Gasteiger partial charge on any atom is -0.383 e. The highest BCUT2D eigenvalue weighted by atomic mass is 32.2. The van der Waals surface area contributed by atoms with Gasteiger partial charge in [-0.15, -0.1) is 11.8 Å². The van der Waals surface area contributed by atoms with E-state index in [0.29, 0.717) is 31.5 Å². The predicted molar refractivity (Wildman–Crippen MR) is 116 cm³/mol. The molecular formula is C21H32N4O3S. The molecule has 0 aliphatic carbocycles. The van der Waals surface area contributed by atoms with Gasteiger partial charge in [-0.3, -0.25) is 19.4 Å². The largest absolute Gasteiger partial charge is 0.383 e. The van der Waals surface area contributed by atoms with E-state index in [4.69, 9.17) is 4.74 Å². The minimum absolute atomic E-state index is 0.0272. The Morgan fingerprint density at radius 1 is 1.10 bits per heavy atom. The summed E-state index contributed by atoms with van der Waals surface area (Å²) in [5.41, 5.74) is 1.04. The summed E-state index contributed by atoms with van der Waals surface area (Å²) >= 11 is 1.85. The van der Waals surface area contributed by atoms with Crippen molar-refractivity contribution in [1.29, 1.82) is 0 Å². The molecule has 2 aliphatic heterocycles. The molecule has 2 heterocycles. The monoisotopic (exact) mass is 420 g/mol. The van der Waals surface area contributed by atoms with Crippen LogP contribution in [0.15, 0.2) is 29.2 Å². The maximum atomic E-state index is 13.1. The molecule has 8 heteroatoms. The summed E-state index contributed by atoms with van der Waals surface area (Å²) in [5, 5.41) is 3.36. The molecule has 3 rings (SSSR count). The number of anilines is 1. The second kappa shape index (κ2) is 11.0. The fourth-order valence-electron chi connectivity index (χ4n) is 3.68. The van der Waals surface area contributed by atoms with Crippen molar-refractivity contribution in [2.75, 3.05) is 71.0 Å². The molecule has 1 unspecified atom stereocenters. The van der Waals surface area contributed by atoms with Gasteiger partial charge in [0.15, 0.2) is 0 Å². The van der Waals surface area contributed by atoms with Gasteiger partial charge in [0.05, 0.1) is 25.4 Å². The van der Waals surface area contributed by atoms with Gasteiger partial charge in [-0.2, -0.15) is 0 Å². The summed E-state index contributed by atoms with van der Waals surface area (Å²) in [5.74, 6) is 0.192. The van der Waals surface area contributed by atoms with Gasteiger partial charge in [-0.25, -0.2) is 0 Å². The Labute approximate surface area is 177 Å². The number of hydrogen-bond acceptors (Lipinski definition) is 6. The van der Waals surface area contributed by atoms with Gasteiger partial charge in [0.2, 0.25) is 11.8 Å². The van der Waals surface area contributed by atoms with E-state index in [1.807, 2.05) is 28.8 Å². The number of thioether (sulfide) groups is 1. The number of nitrogens with zero attached hydrogens (tertiary/aromatic N) is 3. The molecule has 2 aliphatic rings. The number of ether oxygens (including phenoxy) is 1. The van der Waals surface area contributed by atoms with E-state index >= 15 is 0 Å². The number of hydrogen-bond donors (Lipinski definition) is 1. The molecule has 1 saturated heterocycles. The Hall–Kier alpha value is -1.61. The lowest BCUT2D eigenvalue weighted by molar-refractivity contribution is -0.124. The van der Waals surface area contributed by atoms with Crippen molar-refractivity contribution in [3.63, 3.8) is 0 Å². The first-order valence-corrected chi connectivity index (χ1v) is 11.2. The van der Waals surface area contributed by atoms with Gasteiger partial charge in [0.25, 0.3) is 0 Å². The molecule has 1 aromatic carbocycles. The summed E-state index contributed by atoms with van der Waals surface area (Å²) in [6, 6.07) is 8.21. The minimum atomic E-state index is 0.0272. The maximum absolute atomic E-state index is 13.1. The van der Waals surface area contributed by atoms with Crippen molar-refractivity contribution >= 4 is 29.3 Å². The average molecular weight is 421 g/mol. The molecule has 1 atom stereocenters. The average Bonchev–Trinajstić information content (AvgIpc) is 2.88. The van der Waals surface area contributed by atoms with Crippen molar-refractivity contribution in [3.8, 4) is 0 Å². The topological polar surface area (TPSA) is 65.1 Å². The Morgan fingerprint density at radius 2 is 1.79 bits per heavy atom.